The highest BCUT2D eigenvalue weighted by molar-refractivity contribution is 5.80. The fourth-order valence-corrected chi connectivity index (χ4v) is 1.78. The molecule has 1 aliphatic rings. The Labute approximate surface area is 93.0 Å². The van der Waals surface area contributed by atoms with Gasteiger partial charge >= 0.3 is 0 Å². The molecule has 1 aromatic carbocycles. The molecule has 0 saturated carbocycles. The highest BCUT2D eigenvalue weighted by atomic mass is 19.1. The van der Waals surface area contributed by atoms with Crippen molar-refractivity contribution in [1.82, 2.24) is 10.2 Å². The molecule has 1 unspecified atom stereocenters. The average molecular weight is 224 g/mol. The monoisotopic (exact) mass is 224 g/mol. The van der Waals surface area contributed by atoms with Crippen LogP contribution in [-0.2, 0) is 4.79 Å². The summed E-state index contributed by atoms with van der Waals surface area (Å²) >= 11 is 0. The average Bonchev–Trinajstić information content (AvgIpc) is 2.60. The van der Waals surface area contributed by atoms with Gasteiger partial charge in [-0.25, -0.2) is 4.39 Å². The summed E-state index contributed by atoms with van der Waals surface area (Å²) in [5.41, 5.74) is 0.714. The number of ether oxygens (including phenoxy) is 1. The lowest BCUT2D eigenvalue weighted by Gasteiger charge is -2.20. The van der Waals surface area contributed by atoms with E-state index in [-0.39, 0.29) is 24.4 Å². The van der Waals surface area contributed by atoms with Crippen molar-refractivity contribution in [3.05, 3.63) is 29.6 Å². The van der Waals surface area contributed by atoms with Crippen molar-refractivity contribution in [3.63, 3.8) is 0 Å². The Kier molecular flexibility index (Phi) is 2.78. The van der Waals surface area contributed by atoms with Gasteiger partial charge in [0.1, 0.15) is 6.17 Å². The summed E-state index contributed by atoms with van der Waals surface area (Å²) in [4.78, 5) is 12.9. The Balaban J connectivity index is 2.28. The summed E-state index contributed by atoms with van der Waals surface area (Å²) in [6.07, 6.45) is -0.257. The number of carbonyl (C=O) groups excluding carboxylic acids is 1. The van der Waals surface area contributed by atoms with E-state index >= 15 is 0 Å². The van der Waals surface area contributed by atoms with Crippen molar-refractivity contribution in [1.29, 1.82) is 0 Å². The SMILES string of the molecule is COc1ccc(C2NCC(=O)N2C)cc1F. The molecule has 1 N–H and O–H groups in total. The van der Waals surface area contributed by atoms with E-state index in [0.717, 1.165) is 0 Å². The van der Waals surface area contributed by atoms with E-state index in [0.29, 0.717) is 5.56 Å². The summed E-state index contributed by atoms with van der Waals surface area (Å²) in [5.74, 6) is -0.216. The van der Waals surface area contributed by atoms with Crippen LogP contribution in [0, 0.1) is 5.82 Å². The molecule has 1 aromatic rings. The van der Waals surface area contributed by atoms with Gasteiger partial charge in [0, 0.05) is 7.05 Å². The number of methoxy groups -OCH3 is 1. The summed E-state index contributed by atoms with van der Waals surface area (Å²) < 4.78 is 18.3. The van der Waals surface area contributed by atoms with Crippen molar-refractivity contribution in [3.8, 4) is 5.75 Å². The minimum Gasteiger partial charge on any atom is -0.494 e. The molecule has 0 aliphatic carbocycles. The Hall–Kier alpha value is -1.62. The predicted octanol–water partition coefficient (Wildman–Crippen LogP) is 0.894. The fraction of sp³-hybridized carbons (Fsp3) is 0.364. The van der Waals surface area contributed by atoms with Gasteiger partial charge in [0.15, 0.2) is 11.6 Å². The minimum absolute atomic E-state index is 0.00114. The van der Waals surface area contributed by atoms with Crippen LogP contribution in [0.5, 0.6) is 5.75 Å². The van der Waals surface area contributed by atoms with Gasteiger partial charge in [-0.15, -0.1) is 0 Å². The van der Waals surface area contributed by atoms with Crippen molar-refractivity contribution < 1.29 is 13.9 Å². The van der Waals surface area contributed by atoms with Crippen LogP contribution in [0.3, 0.4) is 0 Å². The highest BCUT2D eigenvalue weighted by Gasteiger charge is 2.28. The second-order valence-corrected chi connectivity index (χ2v) is 3.68. The zero-order chi connectivity index (χ0) is 11.7. The minimum atomic E-state index is -0.422. The normalized spacial score (nSPS) is 20.3. The molecule has 16 heavy (non-hydrogen) atoms. The van der Waals surface area contributed by atoms with Crippen LogP contribution in [0.4, 0.5) is 4.39 Å². The van der Waals surface area contributed by atoms with Crippen molar-refractivity contribution >= 4 is 5.91 Å². The lowest BCUT2D eigenvalue weighted by Crippen LogP contribution is -2.25. The van der Waals surface area contributed by atoms with E-state index in [1.807, 2.05) is 0 Å². The van der Waals surface area contributed by atoms with Gasteiger partial charge < -0.3 is 9.64 Å². The van der Waals surface area contributed by atoms with E-state index < -0.39 is 5.82 Å². The molecule has 1 heterocycles. The van der Waals surface area contributed by atoms with Gasteiger partial charge in [0.25, 0.3) is 0 Å². The van der Waals surface area contributed by atoms with Gasteiger partial charge in [-0.05, 0) is 17.7 Å². The smallest absolute Gasteiger partial charge is 0.237 e. The second kappa shape index (κ2) is 4.09. The molecule has 86 valence electrons. The van der Waals surface area contributed by atoms with Crippen LogP contribution >= 0.6 is 0 Å². The van der Waals surface area contributed by atoms with Crippen LogP contribution in [0.2, 0.25) is 0 Å². The van der Waals surface area contributed by atoms with Crippen LogP contribution in [0.15, 0.2) is 18.2 Å². The van der Waals surface area contributed by atoms with Crippen molar-refractivity contribution in [2.45, 2.75) is 6.17 Å². The highest BCUT2D eigenvalue weighted by Crippen LogP contribution is 2.25. The number of amides is 1. The first-order valence-corrected chi connectivity index (χ1v) is 4.96. The largest absolute Gasteiger partial charge is 0.494 e. The van der Waals surface area contributed by atoms with E-state index in [9.17, 15) is 9.18 Å². The molecule has 0 radical (unpaired) electrons. The number of hydrogen-bond acceptors (Lipinski definition) is 3. The zero-order valence-corrected chi connectivity index (χ0v) is 9.16. The molecule has 2 rings (SSSR count). The maximum absolute atomic E-state index is 13.5. The number of nitrogens with one attached hydrogen (secondary N) is 1. The molecule has 0 bridgehead atoms. The van der Waals surface area contributed by atoms with Gasteiger partial charge in [0.2, 0.25) is 5.91 Å². The standard InChI is InChI=1S/C11H13FN2O2/c1-14-10(15)6-13-11(14)7-3-4-9(16-2)8(12)5-7/h3-5,11,13H,6H2,1-2H3. The molecule has 1 amide bonds. The molecule has 1 atom stereocenters. The van der Waals surface area contributed by atoms with Crippen LogP contribution in [0.25, 0.3) is 0 Å². The van der Waals surface area contributed by atoms with Gasteiger partial charge in [-0.3, -0.25) is 10.1 Å². The first kappa shape index (κ1) is 10.9. The van der Waals surface area contributed by atoms with Crippen LogP contribution < -0.4 is 10.1 Å². The Morgan fingerprint density at radius 1 is 1.56 bits per heavy atom. The summed E-state index contributed by atoms with van der Waals surface area (Å²) in [6, 6.07) is 4.68. The van der Waals surface area contributed by atoms with Gasteiger partial charge in [-0.2, -0.15) is 0 Å². The van der Waals surface area contributed by atoms with Gasteiger partial charge in [0.05, 0.1) is 13.7 Å². The summed E-state index contributed by atoms with van der Waals surface area (Å²) in [6.45, 7) is 0.287. The van der Waals surface area contributed by atoms with Crippen molar-refractivity contribution in [2.24, 2.45) is 0 Å². The molecular weight excluding hydrogens is 211 g/mol. The molecular formula is C11H13FN2O2. The Morgan fingerprint density at radius 3 is 2.81 bits per heavy atom. The lowest BCUT2D eigenvalue weighted by molar-refractivity contribution is -0.126. The molecule has 5 heteroatoms. The third-order valence-electron chi connectivity index (χ3n) is 2.72. The number of benzene rings is 1. The molecule has 0 spiro atoms. The third kappa shape index (κ3) is 1.74. The maximum Gasteiger partial charge on any atom is 0.237 e. The summed E-state index contributed by atoms with van der Waals surface area (Å²) in [5, 5.41) is 3.01. The summed E-state index contributed by atoms with van der Waals surface area (Å²) in [7, 11) is 3.11. The Morgan fingerprint density at radius 2 is 2.31 bits per heavy atom. The predicted molar refractivity (Wildman–Crippen MR) is 56.5 cm³/mol. The van der Waals surface area contributed by atoms with E-state index in [1.165, 1.54) is 13.2 Å². The molecule has 4 nitrogen and oxygen atoms in total. The topological polar surface area (TPSA) is 41.6 Å². The quantitative estimate of drug-likeness (QED) is 0.811. The second-order valence-electron chi connectivity index (χ2n) is 3.68. The number of rotatable bonds is 2. The first-order valence-electron chi connectivity index (χ1n) is 4.96. The number of halogens is 1. The molecule has 1 aliphatic heterocycles. The third-order valence-corrected chi connectivity index (χ3v) is 2.72. The van der Waals surface area contributed by atoms with Crippen LogP contribution in [0.1, 0.15) is 11.7 Å². The fourth-order valence-electron chi connectivity index (χ4n) is 1.78. The molecule has 1 saturated heterocycles. The van der Waals surface area contributed by atoms with E-state index in [2.05, 4.69) is 5.32 Å². The van der Waals surface area contributed by atoms with Crippen molar-refractivity contribution in [2.75, 3.05) is 20.7 Å². The maximum atomic E-state index is 13.5. The molecule has 0 aromatic heterocycles. The lowest BCUT2D eigenvalue weighted by atomic mass is 10.1. The Bertz CT molecular complexity index is 422. The zero-order valence-electron chi connectivity index (χ0n) is 9.16. The number of hydrogen-bond donors (Lipinski definition) is 1. The first-order chi connectivity index (χ1) is 7.63. The van der Waals surface area contributed by atoms with Crippen LogP contribution in [-0.4, -0.2) is 31.5 Å². The number of carbonyl (C=O) groups is 1. The van der Waals surface area contributed by atoms with E-state index in [1.54, 1.807) is 24.1 Å². The molecule has 1 fully saturated rings. The number of nitrogens with zero attached hydrogens (tertiary/aromatic N) is 1. The number of likely N-dealkylation sites (N-methyl/N-ethyl adjacent to an activating group) is 1. The van der Waals surface area contributed by atoms with E-state index in [4.69, 9.17) is 4.74 Å². The van der Waals surface area contributed by atoms with Gasteiger partial charge in [-0.1, -0.05) is 6.07 Å².